The van der Waals surface area contributed by atoms with Gasteiger partial charge in [0.1, 0.15) is 5.75 Å². The van der Waals surface area contributed by atoms with Crippen molar-refractivity contribution in [3.63, 3.8) is 0 Å². The predicted octanol–water partition coefficient (Wildman–Crippen LogP) is 4.00. The lowest BCUT2D eigenvalue weighted by atomic mass is 10.2. The number of hydrogen-bond acceptors (Lipinski definition) is 3. The van der Waals surface area contributed by atoms with Crippen LogP contribution in [0.4, 0.5) is 0 Å². The van der Waals surface area contributed by atoms with Crippen molar-refractivity contribution in [3.05, 3.63) is 52.1 Å². The first kappa shape index (κ1) is 13.1. The van der Waals surface area contributed by atoms with Crippen LogP contribution >= 0.6 is 15.9 Å². The number of nitrogens with zero attached hydrogens (tertiary/aromatic N) is 1. The van der Waals surface area contributed by atoms with E-state index in [1.165, 1.54) is 0 Å². The summed E-state index contributed by atoms with van der Waals surface area (Å²) in [5.41, 5.74) is 1.82. The highest BCUT2D eigenvalue weighted by atomic mass is 79.9. The topological polar surface area (TPSA) is 42.4 Å². The fourth-order valence-electron chi connectivity index (χ4n) is 1.60. The second-order valence-corrected chi connectivity index (χ2v) is 4.96. The molecule has 1 atom stereocenters. The molecule has 2 rings (SSSR count). The monoisotopic (exact) mass is 307 g/mol. The van der Waals surface area contributed by atoms with Gasteiger partial charge in [-0.25, -0.2) is 4.98 Å². The number of aliphatic hydroxyl groups is 1. The molecule has 2 aromatic rings. The van der Waals surface area contributed by atoms with Crippen LogP contribution in [0.3, 0.4) is 0 Å². The van der Waals surface area contributed by atoms with Crippen molar-refractivity contribution in [2.75, 3.05) is 0 Å². The lowest BCUT2D eigenvalue weighted by Gasteiger charge is -2.12. The maximum Gasteiger partial charge on any atom is 0.225 e. The van der Waals surface area contributed by atoms with Gasteiger partial charge in [0.2, 0.25) is 5.88 Å². The number of pyridine rings is 1. The van der Waals surface area contributed by atoms with Crippen molar-refractivity contribution in [3.8, 4) is 11.6 Å². The molecule has 0 aliphatic rings. The zero-order valence-corrected chi connectivity index (χ0v) is 11.8. The Morgan fingerprint density at radius 3 is 2.78 bits per heavy atom. The first-order chi connectivity index (χ1) is 8.58. The van der Waals surface area contributed by atoms with Crippen molar-refractivity contribution >= 4 is 15.9 Å². The van der Waals surface area contributed by atoms with Crippen LogP contribution < -0.4 is 4.74 Å². The quantitative estimate of drug-likeness (QED) is 0.932. The van der Waals surface area contributed by atoms with Gasteiger partial charge in [-0.2, -0.15) is 0 Å². The summed E-state index contributed by atoms with van der Waals surface area (Å²) in [7, 11) is 0. The fourth-order valence-corrected chi connectivity index (χ4v) is 2.17. The van der Waals surface area contributed by atoms with Gasteiger partial charge >= 0.3 is 0 Å². The molecule has 4 heteroatoms. The molecular weight excluding hydrogens is 294 g/mol. The molecule has 1 aromatic carbocycles. The van der Waals surface area contributed by atoms with E-state index < -0.39 is 6.10 Å². The molecule has 1 aromatic heterocycles. The average molecular weight is 308 g/mol. The summed E-state index contributed by atoms with van der Waals surface area (Å²) in [4.78, 5) is 4.16. The third-order valence-electron chi connectivity index (χ3n) is 2.54. The zero-order valence-electron chi connectivity index (χ0n) is 10.2. The maximum absolute atomic E-state index is 9.66. The van der Waals surface area contributed by atoms with Gasteiger partial charge < -0.3 is 9.84 Å². The maximum atomic E-state index is 9.66. The Morgan fingerprint density at radius 2 is 2.11 bits per heavy atom. The third-order valence-corrected chi connectivity index (χ3v) is 3.16. The molecule has 0 saturated heterocycles. The number of hydrogen-bond donors (Lipinski definition) is 1. The minimum absolute atomic E-state index is 0.428. The van der Waals surface area contributed by atoms with Crippen LogP contribution in [0, 0.1) is 6.92 Å². The Morgan fingerprint density at radius 1 is 1.33 bits per heavy atom. The zero-order chi connectivity index (χ0) is 13.1. The Bertz CT molecular complexity index is 555. The first-order valence-electron chi connectivity index (χ1n) is 5.65. The van der Waals surface area contributed by atoms with E-state index in [2.05, 4.69) is 20.9 Å². The standard InChI is InChI=1S/C14H14BrNO2/c1-9-5-6-13(12(15)8-9)18-14-11(10(2)17)4-3-7-16-14/h3-8,10,17H,1-2H3/t10-/m0/s1. The molecule has 0 aliphatic carbocycles. The van der Waals surface area contributed by atoms with E-state index in [-0.39, 0.29) is 0 Å². The van der Waals surface area contributed by atoms with Gasteiger partial charge in [-0.05, 0) is 59.6 Å². The molecule has 0 aliphatic heterocycles. The van der Waals surface area contributed by atoms with Crippen LogP contribution in [0.2, 0.25) is 0 Å². The smallest absolute Gasteiger partial charge is 0.225 e. The third kappa shape index (κ3) is 2.89. The van der Waals surface area contributed by atoms with E-state index in [1.54, 1.807) is 25.3 Å². The molecule has 0 bridgehead atoms. The average Bonchev–Trinajstić information content (AvgIpc) is 2.33. The van der Waals surface area contributed by atoms with Gasteiger partial charge in [0.25, 0.3) is 0 Å². The lowest BCUT2D eigenvalue weighted by Crippen LogP contribution is -1.98. The van der Waals surface area contributed by atoms with Crippen LogP contribution in [0.25, 0.3) is 0 Å². The number of aryl methyl sites for hydroxylation is 1. The minimum atomic E-state index is -0.613. The minimum Gasteiger partial charge on any atom is -0.437 e. The van der Waals surface area contributed by atoms with E-state index in [0.29, 0.717) is 17.2 Å². The second-order valence-electron chi connectivity index (χ2n) is 4.11. The number of rotatable bonds is 3. The lowest BCUT2D eigenvalue weighted by molar-refractivity contribution is 0.194. The molecule has 1 heterocycles. The SMILES string of the molecule is Cc1ccc(Oc2ncccc2[C@H](C)O)c(Br)c1. The molecule has 0 spiro atoms. The summed E-state index contributed by atoms with van der Waals surface area (Å²) in [6, 6.07) is 9.39. The number of benzene rings is 1. The van der Waals surface area contributed by atoms with Crippen molar-refractivity contribution in [1.82, 2.24) is 4.98 Å². The summed E-state index contributed by atoms with van der Waals surface area (Å²) in [5, 5.41) is 9.66. The second kappa shape index (κ2) is 5.50. The van der Waals surface area contributed by atoms with Gasteiger partial charge in [0, 0.05) is 11.8 Å². The highest BCUT2D eigenvalue weighted by Gasteiger charge is 2.12. The Balaban J connectivity index is 2.34. The summed E-state index contributed by atoms with van der Waals surface area (Å²) < 4.78 is 6.60. The first-order valence-corrected chi connectivity index (χ1v) is 6.44. The summed E-state index contributed by atoms with van der Waals surface area (Å²) in [6.07, 6.45) is 1.03. The van der Waals surface area contributed by atoms with Gasteiger partial charge in [-0.3, -0.25) is 0 Å². The highest BCUT2D eigenvalue weighted by molar-refractivity contribution is 9.10. The summed E-state index contributed by atoms with van der Waals surface area (Å²) in [5.74, 6) is 1.11. The molecule has 3 nitrogen and oxygen atoms in total. The van der Waals surface area contributed by atoms with Crippen molar-refractivity contribution in [2.24, 2.45) is 0 Å². The summed E-state index contributed by atoms with van der Waals surface area (Å²) >= 11 is 3.45. The molecule has 1 N–H and O–H groups in total. The predicted molar refractivity (Wildman–Crippen MR) is 73.8 cm³/mol. The molecule has 0 radical (unpaired) electrons. The van der Waals surface area contributed by atoms with Crippen LogP contribution in [-0.2, 0) is 0 Å². The van der Waals surface area contributed by atoms with E-state index in [4.69, 9.17) is 4.74 Å². The van der Waals surface area contributed by atoms with Crippen LogP contribution in [0.1, 0.15) is 24.2 Å². The largest absolute Gasteiger partial charge is 0.437 e. The van der Waals surface area contributed by atoms with Gasteiger partial charge in [-0.1, -0.05) is 6.07 Å². The van der Waals surface area contributed by atoms with E-state index in [1.807, 2.05) is 25.1 Å². The Labute approximate surface area is 115 Å². The van der Waals surface area contributed by atoms with E-state index in [0.717, 1.165) is 10.0 Å². The molecular formula is C14H14BrNO2. The van der Waals surface area contributed by atoms with Crippen molar-refractivity contribution in [1.29, 1.82) is 0 Å². The molecule has 94 valence electrons. The number of halogens is 1. The molecule has 0 fully saturated rings. The van der Waals surface area contributed by atoms with Crippen LogP contribution in [0.5, 0.6) is 11.6 Å². The number of aromatic nitrogens is 1. The molecule has 0 saturated carbocycles. The number of aliphatic hydroxyl groups excluding tert-OH is 1. The van der Waals surface area contributed by atoms with Crippen LogP contribution in [0.15, 0.2) is 41.0 Å². The van der Waals surface area contributed by atoms with Gasteiger partial charge in [0.05, 0.1) is 10.6 Å². The summed E-state index contributed by atoms with van der Waals surface area (Å²) in [6.45, 7) is 3.70. The van der Waals surface area contributed by atoms with E-state index >= 15 is 0 Å². The van der Waals surface area contributed by atoms with Gasteiger partial charge in [-0.15, -0.1) is 0 Å². The van der Waals surface area contributed by atoms with Crippen molar-refractivity contribution < 1.29 is 9.84 Å². The number of ether oxygens (including phenoxy) is 1. The Kier molecular flexibility index (Phi) is 3.99. The fraction of sp³-hybridized carbons (Fsp3) is 0.214. The molecule has 18 heavy (non-hydrogen) atoms. The highest BCUT2D eigenvalue weighted by Crippen LogP contribution is 2.32. The Hall–Kier alpha value is -1.39. The molecule has 0 amide bonds. The van der Waals surface area contributed by atoms with Crippen molar-refractivity contribution in [2.45, 2.75) is 20.0 Å². The van der Waals surface area contributed by atoms with Crippen LogP contribution in [-0.4, -0.2) is 10.1 Å². The molecule has 0 unspecified atom stereocenters. The normalized spacial score (nSPS) is 12.2. The van der Waals surface area contributed by atoms with Gasteiger partial charge in [0.15, 0.2) is 0 Å². The van der Waals surface area contributed by atoms with E-state index in [9.17, 15) is 5.11 Å².